The zero-order valence-corrected chi connectivity index (χ0v) is 38.4. The first-order valence-electron chi connectivity index (χ1n) is 23.7. The molecule has 2 aliphatic carbocycles. The van der Waals surface area contributed by atoms with Crippen LogP contribution in [-0.2, 0) is 12.8 Å². The molecule has 316 valence electrons. The summed E-state index contributed by atoms with van der Waals surface area (Å²) in [5.41, 5.74) is 21.2. The summed E-state index contributed by atoms with van der Waals surface area (Å²) >= 11 is 0. The maximum Gasteiger partial charge on any atom is 0.0540 e. The van der Waals surface area contributed by atoms with Crippen LogP contribution in [0, 0.1) is 19.1 Å². The lowest BCUT2D eigenvalue weighted by atomic mass is 9.79. The van der Waals surface area contributed by atoms with Crippen molar-refractivity contribution < 1.29 is 0 Å². The Bertz CT molecular complexity index is 3470. The lowest BCUT2D eigenvalue weighted by Crippen LogP contribution is -2.09. The standard InChI is InChI=1S/C64H55N/c1-6-42(3)59(39-51(45-19-8-7-9-20-45)36-44(5)47-23-14-17-41(2)35-47)49-30-33-57-60(38-49)55-25-13-12-24-54(55)56-27-16-26-53(64(56)57)50-31-34-58-62(40-50)65(61-28-15-18-43(4)63(58)61)52-32-29-46-21-10-11-22-48(46)37-52/h7-12,14,16-17,19-24,26-27,29,31-32,34-40,43H,6,15,18,28,30,33H2,1-5H3/b44-36+,51-39+,59-42-. The van der Waals surface area contributed by atoms with Crippen molar-refractivity contribution in [1.82, 2.24) is 4.57 Å². The largest absolute Gasteiger partial charge is 0.313 e. The second-order valence-electron chi connectivity index (χ2n) is 18.6. The van der Waals surface area contributed by atoms with Gasteiger partial charge in [0.1, 0.15) is 0 Å². The van der Waals surface area contributed by atoms with E-state index >= 15 is 0 Å². The van der Waals surface area contributed by atoms with Gasteiger partial charge < -0.3 is 4.57 Å². The van der Waals surface area contributed by atoms with Crippen LogP contribution in [0.4, 0.5) is 0 Å². The Labute approximate surface area is 384 Å². The molecule has 1 atom stereocenters. The number of aryl methyl sites for hydroxylation is 2. The molecular formula is C64H55N. The van der Waals surface area contributed by atoms with Crippen LogP contribution >= 0.6 is 0 Å². The Balaban J connectivity index is 1.10. The molecule has 1 aromatic heterocycles. The third kappa shape index (κ3) is 7.23. The first-order valence-corrected chi connectivity index (χ1v) is 23.7. The van der Waals surface area contributed by atoms with E-state index in [0.717, 1.165) is 31.1 Å². The first-order chi connectivity index (χ1) is 31.8. The van der Waals surface area contributed by atoms with Crippen LogP contribution in [-0.4, -0.2) is 4.57 Å². The van der Waals surface area contributed by atoms with Crippen LogP contribution in [0.3, 0.4) is 0 Å². The summed E-state index contributed by atoms with van der Waals surface area (Å²) in [5, 5.41) is 9.00. The molecule has 2 aliphatic rings. The van der Waals surface area contributed by atoms with Crippen molar-refractivity contribution in [3.8, 4) is 16.8 Å². The minimum Gasteiger partial charge on any atom is -0.313 e. The van der Waals surface area contributed by atoms with E-state index in [1.165, 1.54) is 134 Å². The smallest absolute Gasteiger partial charge is 0.0540 e. The van der Waals surface area contributed by atoms with Gasteiger partial charge in [-0.25, -0.2) is 0 Å². The average Bonchev–Trinajstić information content (AvgIpc) is 3.69. The summed E-state index contributed by atoms with van der Waals surface area (Å²) in [4.78, 5) is 0. The predicted octanol–water partition coefficient (Wildman–Crippen LogP) is 17.3. The fourth-order valence-electron chi connectivity index (χ4n) is 11.1. The molecule has 0 aliphatic heterocycles. The molecular weight excluding hydrogens is 783 g/mol. The van der Waals surface area contributed by atoms with Crippen molar-refractivity contribution in [2.24, 2.45) is 0 Å². The summed E-state index contributed by atoms with van der Waals surface area (Å²) in [6, 6.07) is 61.1. The topological polar surface area (TPSA) is 4.93 Å². The Morgan fingerprint density at radius 1 is 0.723 bits per heavy atom. The number of hydrogen-bond acceptors (Lipinski definition) is 0. The van der Waals surface area contributed by atoms with Gasteiger partial charge in [-0.15, -0.1) is 0 Å². The molecule has 0 bridgehead atoms. The van der Waals surface area contributed by atoms with Crippen LogP contribution in [0.25, 0.3) is 77.3 Å². The van der Waals surface area contributed by atoms with Crippen molar-refractivity contribution in [1.29, 1.82) is 0 Å². The minimum atomic E-state index is 0.529. The van der Waals surface area contributed by atoms with Gasteiger partial charge in [0.2, 0.25) is 0 Å². The number of rotatable bonds is 8. The van der Waals surface area contributed by atoms with Gasteiger partial charge in [0, 0.05) is 22.2 Å². The van der Waals surface area contributed by atoms with E-state index < -0.39 is 0 Å². The zero-order valence-electron chi connectivity index (χ0n) is 38.4. The second kappa shape index (κ2) is 16.8. The zero-order chi connectivity index (χ0) is 44.2. The van der Waals surface area contributed by atoms with Gasteiger partial charge in [0.15, 0.2) is 0 Å². The van der Waals surface area contributed by atoms with E-state index in [-0.39, 0.29) is 0 Å². The molecule has 0 saturated carbocycles. The Hall–Kier alpha value is -7.14. The van der Waals surface area contributed by atoms with Gasteiger partial charge >= 0.3 is 0 Å². The summed E-state index contributed by atoms with van der Waals surface area (Å²) in [5.74, 6) is 0.529. The number of fused-ring (bicyclic) bond motifs is 10. The third-order valence-electron chi connectivity index (χ3n) is 14.6. The maximum atomic E-state index is 3.63. The van der Waals surface area contributed by atoms with Crippen LogP contribution in [0.5, 0.6) is 0 Å². The molecule has 0 saturated heterocycles. The normalized spacial score (nSPS) is 15.8. The summed E-state index contributed by atoms with van der Waals surface area (Å²) in [6.07, 6.45) is 13.8. The summed E-state index contributed by atoms with van der Waals surface area (Å²) in [7, 11) is 0. The van der Waals surface area contributed by atoms with Crippen molar-refractivity contribution in [2.75, 3.05) is 0 Å². The molecule has 0 N–H and O–H groups in total. The lowest BCUT2D eigenvalue weighted by Gasteiger charge is -2.24. The summed E-state index contributed by atoms with van der Waals surface area (Å²) in [6.45, 7) is 11.5. The number of hydrogen-bond donors (Lipinski definition) is 0. The number of aromatic nitrogens is 1. The van der Waals surface area contributed by atoms with E-state index in [0.29, 0.717) is 5.92 Å². The molecule has 65 heavy (non-hydrogen) atoms. The molecule has 0 fully saturated rings. The van der Waals surface area contributed by atoms with Crippen molar-refractivity contribution >= 4 is 60.4 Å². The van der Waals surface area contributed by atoms with Gasteiger partial charge in [-0.1, -0.05) is 158 Å². The molecule has 0 spiro atoms. The fourth-order valence-corrected chi connectivity index (χ4v) is 11.1. The van der Waals surface area contributed by atoms with Crippen LogP contribution in [0.1, 0.15) is 98.4 Å². The van der Waals surface area contributed by atoms with Crippen molar-refractivity contribution in [3.05, 3.63) is 226 Å². The SMILES string of the molecule is CC/C(C)=C(/C=C(\C=C(/C)c1cccc(C)c1)c1ccccc1)C1=Cc2c(c3c(-c4ccc5c6c(n(-c7ccc8ccccc8c7)c5c4)CCCC6C)cccc3c3ccc#cc23)CC1. The van der Waals surface area contributed by atoms with Crippen LogP contribution in [0.2, 0.25) is 0 Å². The number of allylic oxidation sites excluding steroid dienone is 7. The van der Waals surface area contributed by atoms with E-state index in [1.54, 1.807) is 0 Å². The Morgan fingerprint density at radius 3 is 2.38 bits per heavy atom. The highest BCUT2D eigenvalue weighted by Crippen LogP contribution is 2.46. The highest BCUT2D eigenvalue weighted by molar-refractivity contribution is 6.17. The van der Waals surface area contributed by atoms with E-state index in [9.17, 15) is 0 Å². The monoisotopic (exact) mass is 837 g/mol. The van der Waals surface area contributed by atoms with Gasteiger partial charge in [-0.3, -0.25) is 0 Å². The molecule has 0 amide bonds. The quantitative estimate of drug-likeness (QED) is 0.134. The van der Waals surface area contributed by atoms with Crippen LogP contribution in [0.15, 0.2) is 174 Å². The molecule has 8 aromatic carbocycles. The Morgan fingerprint density at radius 2 is 1.54 bits per heavy atom. The number of benzene rings is 7. The van der Waals surface area contributed by atoms with E-state index in [1.807, 2.05) is 6.07 Å². The lowest BCUT2D eigenvalue weighted by molar-refractivity contribution is 0.581. The highest BCUT2D eigenvalue weighted by Gasteiger charge is 2.27. The summed E-state index contributed by atoms with van der Waals surface area (Å²) < 4.78 is 2.60. The number of nitrogens with zero attached hydrogens (tertiary/aromatic N) is 1. The van der Waals surface area contributed by atoms with E-state index in [4.69, 9.17) is 0 Å². The molecule has 1 heteroatoms. The van der Waals surface area contributed by atoms with Gasteiger partial charge in [0.05, 0.1) is 5.52 Å². The second-order valence-corrected chi connectivity index (χ2v) is 18.6. The molecule has 1 nitrogen and oxygen atoms in total. The van der Waals surface area contributed by atoms with Gasteiger partial charge in [0.25, 0.3) is 0 Å². The van der Waals surface area contributed by atoms with Crippen LogP contribution < -0.4 is 0 Å². The average molecular weight is 838 g/mol. The van der Waals surface area contributed by atoms with E-state index in [2.05, 4.69) is 209 Å². The van der Waals surface area contributed by atoms with Crippen molar-refractivity contribution in [3.63, 3.8) is 0 Å². The van der Waals surface area contributed by atoms with Gasteiger partial charge in [-0.2, -0.15) is 0 Å². The minimum absolute atomic E-state index is 0.529. The molecule has 0 radical (unpaired) electrons. The highest BCUT2D eigenvalue weighted by atomic mass is 15.0. The molecule has 11 rings (SSSR count). The molecule has 9 aromatic rings. The molecule has 1 unspecified atom stereocenters. The predicted molar refractivity (Wildman–Crippen MR) is 279 cm³/mol. The Kier molecular flexibility index (Phi) is 10.5. The fraction of sp³-hybridized carbons (Fsp3) is 0.188. The van der Waals surface area contributed by atoms with Crippen molar-refractivity contribution in [2.45, 2.75) is 79.1 Å². The first kappa shape index (κ1) is 40.6. The maximum absolute atomic E-state index is 3.63. The molecule has 1 heterocycles. The van der Waals surface area contributed by atoms with Gasteiger partial charge in [-0.05, 0) is 196 Å². The third-order valence-corrected chi connectivity index (χ3v) is 14.6.